The molecule has 0 radical (unpaired) electrons. The van der Waals surface area contributed by atoms with E-state index < -0.39 is 0 Å². The Morgan fingerprint density at radius 3 is 2.79 bits per heavy atom. The highest BCUT2D eigenvalue weighted by atomic mass is 32.1. The number of methoxy groups -OCH3 is 1. The molecule has 0 saturated carbocycles. The number of hydrogen-bond donors (Lipinski definition) is 2. The number of nitrogens with zero attached hydrogens (tertiary/aromatic N) is 2. The van der Waals surface area contributed by atoms with Crippen molar-refractivity contribution >= 4 is 12.2 Å². The topological polar surface area (TPSA) is 64.1 Å². The van der Waals surface area contributed by atoms with Crippen molar-refractivity contribution in [2.45, 2.75) is 39.8 Å². The van der Waals surface area contributed by atoms with E-state index in [1.165, 1.54) is 5.56 Å². The zero-order valence-electron chi connectivity index (χ0n) is 16.5. The molecule has 28 heavy (non-hydrogen) atoms. The number of hydrogen-bond acceptors (Lipinski definition) is 5. The van der Waals surface area contributed by atoms with Crippen LogP contribution in [0.25, 0.3) is 0 Å². The van der Waals surface area contributed by atoms with Crippen LogP contribution in [0.3, 0.4) is 0 Å². The predicted molar refractivity (Wildman–Crippen MR) is 113 cm³/mol. The molecule has 0 bridgehead atoms. The standard InChI is InChI=1S/C21H26N4O2S/c1-4-7-19-23-24-21(28)25(19)22-13-17-10-6-11-18(26-3)20(17)27-14-16-9-5-8-15(2)12-16/h5-6,8-12,22H,4,7,13-14H2,1-3H3,(H,24,28). The van der Waals surface area contributed by atoms with Gasteiger partial charge in [0.25, 0.3) is 0 Å². The molecule has 2 aromatic carbocycles. The fourth-order valence-electron chi connectivity index (χ4n) is 3.03. The molecule has 7 heteroatoms. The molecule has 2 N–H and O–H groups in total. The SMILES string of the molecule is CCCc1n[nH]c(=S)n1NCc1cccc(OC)c1OCc1cccc(C)c1. The number of H-pyrrole nitrogens is 1. The minimum Gasteiger partial charge on any atom is -0.493 e. The number of ether oxygens (including phenoxy) is 2. The van der Waals surface area contributed by atoms with Crippen molar-refractivity contribution in [1.29, 1.82) is 0 Å². The lowest BCUT2D eigenvalue weighted by atomic mass is 10.1. The normalized spacial score (nSPS) is 10.7. The molecule has 0 amide bonds. The van der Waals surface area contributed by atoms with Gasteiger partial charge in [0.15, 0.2) is 17.3 Å². The molecule has 0 aliphatic heterocycles. The maximum Gasteiger partial charge on any atom is 0.214 e. The molecule has 3 rings (SSSR count). The van der Waals surface area contributed by atoms with Crippen molar-refractivity contribution in [3.8, 4) is 11.5 Å². The van der Waals surface area contributed by atoms with Crippen molar-refractivity contribution in [1.82, 2.24) is 14.9 Å². The predicted octanol–water partition coefficient (Wildman–Crippen LogP) is 4.53. The van der Waals surface area contributed by atoms with Gasteiger partial charge in [-0.3, -0.25) is 5.10 Å². The summed E-state index contributed by atoms with van der Waals surface area (Å²) in [5.41, 5.74) is 6.66. The number of nitrogens with one attached hydrogen (secondary N) is 2. The van der Waals surface area contributed by atoms with Crippen LogP contribution in [-0.2, 0) is 19.6 Å². The zero-order valence-corrected chi connectivity index (χ0v) is 17.3. The van der Waals surface area contributed by atoms with Crippen molar-refractivity contribution in [3.05, 3.63) is 69.8 Å². The number of benzene rings is 2. The number of para-hydroxylation sites is 1. The summed E-state index contributed by atoms with van der Waals surface area (Å²) < 4.78 is 14.0. The maximum absolute atomic E-state index is 6.15. The summed E-state index contributed by atoms with van der Waals surface area (Å²) in [4.78, 5) is 0. The van der Waals surface area contributed by atoms with E-state index in [1.807, 2.05) is 28.9 Å². The second kappa shape index (κ2) is 9.41. The van der Waals surface area contributed by atoms with Crippen molar-refractivity contribution < 1.29 is 9.47 Å². The van der Waals surface area contributed by atoms with Crippen molar-refractivity contribution in [2.75, 3.05) is 12.5 Å². The molecule has 0 atom stereocenters. The maximum atomic E-state index is 6.15. The molecular formula is C21H26N4O2S. The van der Waals surface area contributed by atoms with E-state index in [2.05, 4.69) is 47.7 Å². The highest BCUT2D eigenvalue weighted by molar-refractivity contribution is 7.71. The lowest BCUT2D eigenvalue weighted by Crippen LogP contribution is -2.18. The van der Waals surface area contributed by atoms with Gasteiger partial charge < -0.3 is 14.9 Å². The number of aryl methyl sites for hydroxylation is 2. The van der Waals surface area contributed by atoms with Crippen LogP contribution < -0.4 is 14.9 Å². The van der Waals surface area contributed by atoms with Crippen LogP contribution >= 0.6 is 12.2 Å². The van der Waals surface area contributed by atoms with Gasteiger partial charge in [0.05, 0.1) is 13.7 Å². The minimum atomic E-state index is 0.473. The lowest BCUT2D eigenvalue weighted by molar-refractivity contribution is 0.281. The number of rotatable bonds is 9. The number of aromatic amines is 1. The van der Waals surface area contributed by atoms with Gasteiger partial charge in [0, 0.05) is 12.0 Å². The first-order valence-corrected chi connectivity index (χ1v) is 9.77. The van der Waals surface area contributed by atoms with Gasteiger partial charge in [-0.1, -0.05) is 48.9 Å². The van der Waals surface area contributed by atoms with Crippen LogP contribution in [-0.4, -0.2) is 22.0 Å². The van der Waals surface area contributed by atoms with Gasteiger partial charge in [-0.25, -0.2) is 4.68 Å². The van der Waals surface area contributed by atoms with E-state index in [1.54, 1.807) is 7.11 Å². The van der Waals surface area contributed by atoms with E-state index in [0.717, 1.165) is 35.5 Å². The Morgan fingerprint density at radius 2 is 2.04 bits per heavy atom. The molecule has 6 nitrogen and oxygen atoms in total. The van der Waals surface area contributed by atoms with Crippen LogP contribution in [0.4, 0.5) is 0 Å². The Kier molecular flexibility index (Phi) is 6.71. The van der Waals surface area contributed by atoms with Crippen LogP contribution in [0.5, 0.6) is 11.5 Å². The van der Waals surface area contributed by atoms with E-state index in [0.29, 0.717) is 23.7 Å². The van der Waals surface area contributed by atoms with E-state index in [-0.39, 0.29) is 0 Å². The molecule has 1 aromatic heterocycles. The summed E-state index contributed by atoms with van der Waals surface area (Å²) in [5, 5.41) is 7.13. The summed E-state index contributed by atoms with van der Waals surface area (Å²) in [5.74, 6) is 2.32. The molecule has 0 saturated heterocycles. The highest BCUT2D eigenvalue weighted by Gasteiger charge is 2.12. The van der Waals surface area contributed by atoms with Crippen molar-refractivity contribution in [2.24, 2.45) is 0 Å². The fourth-order valence-corrected chi connectivity index (χ4v) is 3.25. The van der Waals surface area contributed by atoms with E-state index in [4.69, 9.17) is 21.7 Å². The largest absolute Gasteiger partial charge is 0.493 e. The van der Waals surface area contributed by atoms with Gasteiger partial charge in [0.1, 0.15) is 6.61 Å². The van der Waals surface area contributed by atoms with Gasteiger partial charge >= 0.3 is 0 Å². The molecule has 0 aliphatic rings. The third-order valence-corrected chi connectivity index (χ3v) is 4.66. The average molecular weight is 399 g/mol. The lowest BCUT2D eigenvalue weighted by Gasteiger charge is -2.17. The van der Waals surface area contributed by atoms with Crippen molar-refractivity contribution in [3.63, 3.8) is 0 Å². The monoisotopic (exact) mass is 398 g/mol. The molecule has 148 valence electrons. The summed E-state index contributed by atoms with van der Waals surface area (Å²) in [6.07, 6.45) is 1.83. The van der Waals surface area contributed by atoms with Gasteiger partial charge in [0.2, 0.25) is 4.77 Å². The smallest absolute Gasteiger partial charge is 0.214 e. The molecular weight excluding hydrogens is 372 g/mol. The Balaban J connectivity index is 1.79. The second-order valence-corrected chi connectivity index (χ2v) is 6.98. The first kappa shape index (κ1) is 19.9. The third-order valence-electron chi connectivity index (χ3n) is 4.39. The Morgan fingerprint density at radius 1 is 1.21 bits per heavy atom. The molecule has 3 aromatic rings. The quantitative estimate of drug-likeness (QED) is 0.519. The molecule has 0 aliphatic carbocycles. The van der Waals surface area contributed by atoms with E-state index >= 15 is 0 Å². The second-order valence-electron chi connectivity index (χ2n) is 6.59. The van der Waals surface area contributed by atoms with Crippen LogP contribution in [0.2, 0.25) is 0 Å². The first-order chi connectivity index (χ1) is 13.6. The Hall–Kier alpha value is -2.80. The fraction of sp³-hybridized carbons (Fsp3) is 0.333. The minimum absolute atomic E-state index is 0.473. The van der Waals surface area contributed by atoms with E-state index in [9.17, 15) is 0 Å². The molecule has 0 fully saturated rings. The van der Waals surface area contributed by atoms with Gasteiger partial charge in [-0.05, 0) is 37.2 Å². The van der Waals surface area contributed by atoms with Crippen LogP contribution in [0.1, 0.15) is 35.9 Å². The third kappa shape index (κ3) is 4.72. The summed E-state index contributed by atoms with van der Waals surface area (Å²) in [6, 6.07) is 14.2. The Bertz CT molecular complexity index is 981. The summed E-state index contributed by atoms with van der Waals surface area (Å²) >= 11 is 5.34. The van der Waals surface area contributed by atoms with Gasteiger partial charge in [-0.15, -0.1) is 0 Å². The molecule has 1 heterocycles. The summed E-state index contributed by atoms with van der Waals surface area (Å²) in [7, 11) is 1.65. The first-order valence-electron chi connectivity index (χ1n) is 9.36. The molecule has 0 unspecified atom stereocenters. The highest BCUT2D eigenvalue weighted by Crippen LogP contribution is 2.32. The van der Waals surface area contributed by atoms with Gasteiger partial charge in [-0.2, -0.15) is 5.10 Å². The van der Waals surface area contributed by atoms with Crippen LogP contribution in [0.15, 0.2) is 42.5 Å². The Labute approximate surface area is 170 Å². The zero-order chi connectivity index (χ0) is 19.9. The summed E-state index contributed by atoms with van der Waals surface area (Å²) in [6.45, 7) is 5.19. The number of aromatic nitrogens is 3. The average Bonchev–Trinajstić information content (AvgIpc) is 3.04. The molecule has 0 spiro atoms. The van der Waals surface area contributed by atoms with Crippen LogP contribution in [0, 0.1) is 11.7 Å².